The van der Waals surface area contributed by atoms with E-state index in [9.17, 15) is 4.39 Å². The summed E-state index contributed by atoms with van der Waals surface area (Å²) >= 11 is 0. The lowest BCUT2D eigenvalue weighted by atomic mass is 10.0. The zero-order valence-electron chi connectivity index (χ0n) is 10.2. The quantitative estimate of drug-likeness (QED) is 0.815. The number of hydrogen-bond donors (Lipinski definition) is 1. The summed E-state index contributed by atoms with van der Waals surface area (Å²) in [7, 11) is 0. The van der Waals surface area contributed by atoms with Crippen LogP contribution < -0.4 is 5.73 Å². The Kier molecular flexibility index (Phi) is 2.84. The molecular formula is C14H15FN2. The predicted molar refractivity (Wildman–Crippen MR) is 68.3 cm³/mol. The molecule has 0 aliphatic rings. The molecule has 2 aromatic rings. The van der Waals surface area contributed by atoms with Crippen molar-refractivity contribution in [1.29, 1.82) is 0 Å². The first-order valence-electron chi connectivity index (χ1n) is 5.48. The Bertz CT molecular complexity index is 553. The van der Waals surface area contributed by atoms with Crippen LogP contribution >= 0.6 is 0 Å². The van der Waals surface area contributed by atoms with Crippen LogP contribution in [0.4, 0.5) is 10.1 Å². The van der Waals surface area contributed by atoms with E-state index in [4.69, 9.17) is 5.73 Å². The Morgan fingerprint density at radius 2 is 1.76 bits per heavy atom. The van der Waals surface area contributed by atoms with Crippen LogP contribution in [0, 0.1) is 26.6 Å². The minimum Gasteiger partial charge on any atom is -0.397 e. The van der Waals surface area contributed by atoms with Crippen LogP contribution in [0.5, 0.6) is 0 Å². The minimum absolute atomic E-state index is 0.273. The van der Waals surface area contributed by atoms with Crippen molar-refractivity contribution in [2.75, 3.05) is 5.73 Å². The van der Waals surface area contributed by atoms with Gasteiger partial charge in [0.2, 0.25) is 0 Å². The van der Waals surface area contributed by atoms with Gasteiger partial charge in [-0.3, -0.25) is 4.98 Å². The Hall–Kier alpha value is -1.90. The van der Waals surface area contributed by atoms with Gasteiger partial charge >= 0.3 is 0 Å². The van der Waals surface area contributed by atoms with Crippen molar-refractivity contribution in [1.82, 2.24) is 4.98 Å². The fourth-order valence-corrected chi connectivity index (χ4v) is 2.02. The number of pyridine rings is 1. The highest BCUT2D eigenvalue weighted by molar-refractivity contribution is 5.75. The molecule has 0 spiro atoms. The molecule has 0 saturated carbocycles. The summed E-state index contributed by atoms with van der Waals surface area (Å²) in [6, 6.07) is 5.24. The van der Waals surface area contributed by atoms with Crippen molar-refractivity contribution in [2.24, 2.45) is 0 Å². The van der Waals surface area contributed by atoms with E-state index in [2.05, 4.69) is 4.98 Å². The maximum absolute atomic E-state index is 14.0. The SMILES string of the molecule is Cc1cnc(-c2c(C)cc(C)cc2F)c(N)c1. The molecule has 0 amide bonds. The molecule has 0 bridgehead atoms. The molecule has 3 heteroatoms. The Balaban J connectivity index is 2.68. The van der Waals surface area contributed by atoms with Gasteiger partial charge < -0.3 is 5.73 Å². The molecule has 2 rings (SSSR count). The second-order valence-electron chi connectivity index (χ2n) is 4.39. The van der Waals surface area contributed by atoms with Gasteiger partial charge in [-0.1, -0.05) is 6.07 Å². The molecule has 1 heterocycles. The molecule has 0 saturated heterocycles. The maximum atomic E-state index is 14.0. The lowest BCUT2D eigenvalue weighted by Crippen LogP contribution is -1.99. The molecule has 0 fully saturated rings. The van der Waals surface area contributed by atoms with Crippen molar-refractivity contribution >= 4 is 5.69 Å². The van der Waals surface area contributed by atoms with E-state index in [0.717, 1.165) is 16.7 Å². The summed E-state index contributed by atoms with van der Waals surface area (Å²) in [5.41, 5.74) is 10.1. The molecule has 1 aromatic carbocycles. The number of anilines is 1. The largest absolute Gasteiger partial charge is 0.397 e. The smallest absolute Gasteiger partial charge is 0.133 e. The number of halogens is 1. The number of aromatic nitrogens is 1. The number of nitrogens with zero attached hydrogens (tertiary/aromatic N) is 1. The van der Waals surface area contributed by atoms with Crippen LogP contribution in [0.3, 0.4) is 0 Å². The van der Waals surface area contributed by atoms with Gasteiger partial charge in [0.1, 0.15) is 5.82 Å². The highest BCUT2D eigenvalue weighted by Crippen LogP contribution is 2.30. The van der Waals surface area contributed by atoms with Gasteiger partial charge in [0, 0.05) is 11.8 Å². The molecule has 2 N–H and O–H groups in total. The lowest BCUT2D eigenvalue weighted by molar-refractivity contribution is 0.628. The second-order valence-corrected chi connectivity index (χ2v) is 4.39. The number of rotatable bonds is 1. The highest BCUT2D eigenvalue weighted by atomic mass is 19.1. The minimum atomic E-state index is -0.273. The van der Waals surface area contributed by atoms with Gasteiger partial charge in [-0.25, -0.2) is 4.39 Å². The third-order valence-electron chi connectivity index (χ3n) is 2.72. The molecule has 88 valence electrons. The van der Waals surface area contributed by atoms with Crippen LogP contribution in [0.1, 0.15) is 16.7 Å². The lowest BCUT2D eigenvalue weighted by Gasteiger charge is -2.11. The first-order chi connectivity index (χ1) is 7.99. The molecule has 0 radical (unpaired) electrons. The van der Waals surface area contributed by atoms with Gasteiger partial charge in [-0.05, 0) is 49.6 Å². The van der Waals surface area contributed by atoms with E-state index in [1.165, 1.54) is 6.07 Å². The van der Waals surface area contributed by atoms with E-state index in [1.54, 1.807) is 12.3 Å². The molecule has 0 aliphatic carbocycles. The summed E-state index contributed by atoms with van der Waals surface area (Å²) in [6.45, 7) is 5.64. The maximum Gasteiger partial charge on any atom is 0.133 e. The molecule has 17 heavy (non-hydrogen) atoms. The van der Waals surface area contributed by atoms with Crippen molar-refractivity contribution < 1.29 is 4.39 Å². The van der Waals surface area contributed by atoms with Crippen molar-refractivity contribution in [3.05, 3.63) is 46.9 Å². The topological polar surface area (TPSA) is 38.9 Å². The third-order valence-corrected chi connectivity index (χ3v) is 2.72. The number of aryl methyl sites for hydroxylation is 3. The summed E-state index contributed by atoms with van der Waals surface area (Å²) in [4.78, 5) is 4.23. The van der Waals surface area contributed by atoms with E-state index < -0.39 is 0 Å². The monoisotopic (exact) mass is 230 g/mol. The van der Waals surface area contributed by atoms with Crippen molar-refractivity contribution in [2.45, 2.75) is 20.8 Å². The Morgan fingerprint density at radius 1 is 1.06 bits per heavy atom. The number of benzene rings is 1. The van der Waals surface area contributed by atoms with Crippen LogP contribution in [-0.4, -0.2) is 4.98 Å². The molecule has 0 atom stereocenters. The zero-order valence-corrected chi connectivity index (χ0v) is 10.2. The predicted octanol–water partition coefficient (Wildman–Crippen LogP) is 3.40. The average molecular weight is 230 g/mol. The van der Waals surface area contributed by atoms with E-state index >= 15 is 0 Å². The molecule has 0 aliphatic heterocycles. The standard InChI is InChI=1S/C14H15FN2/c1-8-4-10(3)13(11(15)5-8)14-12(16)6-9(2)7-17-14/h4-7H,16H2,1-3H3. The van der Waals surface area contributed by atoms with Crippen LogP contribution in [0.15, 0.2) is 24.4 Å². The number of nitrogen functional groups attached to an aromatic ring is 1. The zero-order chi connectivity index (χ0) is 12.6. The summed E-state index contributed by atoms with van der Waals surface area (Å²) in [5, 5.41) is 0. The highest BCUT2D eigenvalue weighted by Gasteiger charge is 2.13. The summed E-state index contributed by atoms with van der Waals surface area (Å²) in [5.74, 6) is -0.273. The molecule has 0 unspecified atom stereocenters. The fraction of sp³-hybridized carbons (Fsp3) is 0.214. The fourth-order valence-electron chi connectivity index (χ4n) is 2.02. The Morgan fingerprint density at radius 3 is 2.35 bits per heavy atom. The first-order valence-corrected chi connectivity index (χ1v) is 5.48. The molecular weight excluding hydrogens is 215 g/mol. The first kappa shape index (κ1) is 11.6. The molecule has 1 aromatic heterocycles. The molecule has 2 nitrogen and oxygen atoms in total. The van der Waals surface area contributed by atoms with Crippen LogP contribution in [0.25, 0.3) is 11.3 Å². The second kappa shape index (κ2) is 4.17. The van der Waals surface area contributed by atoms with Crippen LogP contribution in [-0.2, 0) is 0 Å². The summed E-state index contributed by atoms with van der Waals surface area (Å²) < 4.78 is 14.0. The van der Waals surface area contributed by atoms with Crippen molar-refractivity contribution in [3.63, 3.8) is 0 Å². The van der Waals surface area contributed by atoms with Gasteiger partial charge in [-0.15, -0.1) is 0 Å². The van der Waals surface area contributed by atoms with Gasteiger partial charge in [0.05, 0.1) is 11.4 Å². The van der Waals surface area contributed by atoms with E-state index in [0.29, 0.717) is 16.9 Å². The number of nitrogens with two attached hydrogens (primary N) is 1. The summed E-state index contributed by atoms with van der Waals surface area (Å²) in [6.07, 6.45) is 1.70. The normalized spacial score (nSPS) is 10.6. The van der Waals surface area contributed by atoms with Gasteiger partial charge in [0.15, 0.2) is 0 Å². The van der Waals surface area contributed by atoms with E-state index in [1.807, 2.05) is 26.8 Å². The van der Waals surface area contributed by atoms with Gasteiger partial charge in [-0.2, -0.15) is 0 Å². The number of hydrogen-bond acceptors (Lipinski definition) is 2. The third kappa shape index (κ3) is 2.13. The van der Waals surface area contributed by atoms with E-state index in [-0.39, 0.29) is 5.82 Å². The average Bonchev–Trinajstić information content (AvgIpc) is 2.19. The van der Waals surface area contributed by atoms with Crippen molar-refractivity contribution in [3.8, 4) is 11.3 Å². The van der Waals surface area contributed by atoms with Gasteiger partial charge in [0.25, 0.3) is 0 Å². The Labute approximate surface area is 100 Å². The van der Waals surface area contributed by atoms with Crippen LogP contribution in [0.2, 0.25) is 0 Å².